The van der Waals surface area contributed by atoms with Crippen molar-refractivity contribution < 1.29 is 4.21 Å². The Morgan fingerprint density at radius 2 is 1.86 bits per heavy atom. The summed E-state index contributed by atoms with van der Waals surface area (Å²) < 4.78 is 11.0. The maximum atomic E-state index is 11.0. The Bertz CT molecular complexity index is 321. The fourth-order valence-corrected chi connectivity index (χ4v) is 1.56. The van der Waals surface area contributed by atoms with E-state index in [4.69, 9.17) is 5.14 Å². The van der Waals surface area contributed by atoms with Gasteiger partial charge in [0.2, 0.25) is 0 Å². The van der Waals surface area contributed by atoms with Crippen LogP contribution in [0.1, 0.15) is 26.3 Å². The molecule has 0 saturated carbocycles. The zero-order chi connectivity index (χ0) is 11.0. The number of nitrogens with two attached hydrogens (primary N) is 1. The van der Waals surface area contributed by atoms with Crippen LogP contribution in [0.15, 0.2) is 35.2 Å². The molecule has 1 rings (SSSR count). The summed E-state index contributed by atoms with van der Waals surface area (Å²) in [7, 11) is -1.39. The molecule has 0 spiro atoms. The maximum Gasteiger partial charge on any atom is 0.122 e. The van der Waals surface area contributed by atoms with Gasteiger partial charge >= 0.3 is 0 Å². The molecular formula is C11H17NOS. The normalized spacial score (nSPS) is 12.0. The molecule has 0 amide bonds. The summed E-state index contributed by atoms with van der Waals surface area (Å²) in [4.78, 5) is 0.676. The first-order valence-corrected chi connectivity index (χ1v) is 5.85. The van der Waals surface area contributed by atoms with Gasteiger partial charge in [-0.2, -0.15) is 0 Å². The Hall–Kier alpha value is -0.930. The second-order valence-corrected chi connectivity index (χ2v) is 3.37. The van der Waals surface area contributed by atoms with Crippen LogP contribution >= 0.6 is 0 Å². The lowest BCUT2D eigenvalue weighted by atomic mass is 10.2. The molecule has 1 unspecified atom stereocenters. The first kappa shape index (κ1) is 13.1. The molecule has 1 atom stereocenters. The Kier molecular flexibility index (Phi) is 6.98. The van der Waals surface area contributed by atoms with E-state index in [1.807, 2.05) is 51.1 Å². The number of allylic oxidation sites excluding steroid dienone is 1. The van der Waals surface area contributed by atoms with Gasteiger partial charge in [0.15, 0.2) is 0 Å². The lowest BCUT2D eigenvalue weighted by molar-refractivity contribution is 0.684. The highest BCUT2D eigenvalue weighted by molar-refractivity contribution is 7.82. The van der Waals surface area contributed by atoms with Crippen molar-refractivity contribution in [3.05, 3.63) is 35.9 Å². The third-order valence-corrected chi connectivity index (χ3v) is 2.29. The van der Waals surface area contributed by atoms with Gasteiger partial charge in [-0.1, -0.05) is 44.2 Å². The smallest absolute Gasteiger partial charge is 0.122 e. The molecule has 3 heteroatoms. The van der Waals surface area contributed by atoms with E-state index in [0.717, 1.165) is 5.56 Å². The van der Waals surface area contributed by atoms with Crippen LogP contribution in [-0.2, 0) is 11.0 Å². The fraction of sp³-hybridized carbons (Fsp3) is 0.273. The minimum atomic E-state index is -1.39. The van der Waals surface area contributed by atoms with Crippen molar-refractivity contribution in [1.29, 1.82) is 0 Å². The Morgan fingerprint density at radius 3 is 2.36 bits per heavy atom. The van der Waals surface area contributed by atoms with Gasteiger partial charge in [0.1, 0.15) is 11.0 Å². The third kappa shape index (κ3) is 3.85. The van der Waals surface area contributed by atoms with Crippen LogP contribution in [0.3, 0.4) is 0 Å². The van der Waals surface area contributed by atoms with Gasteiger partial charge in [0, 0.05) is 0 Å². The van der Waals surface area contributed by atoms with Gasteiger partial charge in [-0.15, -0.1) is 0 Å². The van der Waals surface area contributed by atoms with Crippen molar-refractivity contribution >= 4 is 17.1 Å². The second-order valence-electron chi connectivity index (χ2n) is 2.34. The highest BCUT2D eigenvalue weighted by Crippen LogP contribution is 2.12. The Balaban J connectivity index is 0.000000791. The first-order chi connectivity index (χ1) is 6.75. The van der Waals surface area contributed by atoms with Gasteiger partial charge in [-0.05, 0) is 18.6 Å². The molecule has 0 radical (unpaired) electrons. The van der Waals surface area contributed by atoms with Gasteiger partial charge < -0.3 is 0 Å². The number of rotatable bonds is 2. The van der Waals surface area contributed by atoms with Gasteiger partial charge in [0.05, 0.1) is 4.90 Å². The van der Waals surface area contributed by atoms with E-state index < -0.39 is 11.0 Å². The van der Waals surface area contributed by atoms with Crippen molar-refractivity contribution in [3.8, 4) is 0 Å². The molecule has 0 aliphatic carbocycles. The summed E-state index contributed by atoms with van der Waals surface area (Å²) in [5.74, 6) is 0. The summed E-state index contributed by atoms with van der Waals surface area (Å²) in [5.41, 5.74) is 0.917. The molecule has 0 fully saturated rings. The standard InChI is InChI=1S/C9H11NOS.C2H6/c1-2-5-8-6-3-4-7-9(8)12(10)11;1-2/h2-7H,10H2,1H3;1-2H3/b5-2+;. The van der Waals surface area contributed by atoms with Crippen LogP contribution in [0.4, 0.5) is 0 Å². The zero-order valence-electron chi connectivity index (χ0n) is 8.86. The molecule has 0 aromatic heterocycles. The molecule has 2 N–H and O–H groups in total. The van der Waals surface area contributed by atoms with E-state index in [0.29, 0.717) is 4.90 Å². The largest absolute Gasteiger partial charge is 0.248 e. The molecule has 14 heavy (non-hydrogen) atoms. The van der Waals surface area contributed by atoms with E-state index >= 15 is 0 Å². The lowest BCUT2D eigenvalue weighted by Gasteiger charge is -2.00. The third-order valence-electron chi connectivity index (χ3n) is 1.48. The Labute approximate surface area is 88.4 Å². The van der Waals surface area contributed by atoms with Crippen LogP contribution < -0.4 is 5.14 Å². The van der Waals surface area contributed by atoms with Crippen molar-refractivity contribution in [2.45, 2.75) is 25.7 Å². The quantitative estimate of drug-likeness (QED) is 0.803. The topological polar surface area (TPSA) is 43.1 Å². The molecule has 1 aromatic rings. The predicted molar refractivity (Wildman–Crippen MR) is 63.1 cm³/mol. The Morgan fingerprint density at radius 1 is 1.29 bits per heavy atom. The molecule has 78 valence electrons. The number of hydrogen-bond acceptors (Lipinski definition) is 1. The molecule has 0 heterocycles. The van der Waals surface area contributed by atoms with Gasteiger partial charge in [0.25, 0.3) is 0 Å². The average Bonchev–Trinajstić information content (AvgIpc) is 2.22. The average molecular weight is 211 g/mol. The zero-order valence-corrected chi connectivity index (χ0v) is 9.67. The van der Waals surface area contributed by atoms with Crippen LogP contribution in [0.25, 0.3) is 6.08 Å². The monoisotopic (exact) mass is 211 g/mol. The minimum Gasteiger partial charge on any atom is -0.248 e. The maximum absolute atomic E-state index is 11.0. The second kappa shape index (κ2) is 7.47. The molecule has 1 aromatic carbocycles. The molecule has 0 aliphatic rings. The first-order valence-electron chi connectivity index (χ1n) is 4.63. The van der Waals surface area contributed by atoms with Gasteiger partial charge in [-0.3, -0.25) is 0 Å². The van der Waals surface area contributed by atoms with Gasteiger partial charge in [-0.25, -0.2) is 9.35 Å². The predicted octanol–water partition coefficient (Wildman–Crippen LogP) is 2.73. The highest BCUT2D eigenvalue weighted by Gasteiger charge is 2.01. The van der Waals surface area contributed by atoms with E-state index in [1.165, 1.54) is 0 Å². The van der Waals surface area contributed by atoms with Crippen LogP contribution in [0.5, 0.6) is 0 Å². The molecule has 0 aliphatic heterocycles. The summed E-state index contributed by atoms with van der Waals surface area (Å²) in [5, 5.41) is 5.28. The number of hydrogen-bond donors (Lipinski definition) is 1. The van der Waals surface area contributed by atoms with Crippen molar-refractivity contribution in [3.63, 3.8) is 0 Å². The SMILES string of the molecule is C/C=C/c1ccccc1S(N)=O.CC. The summed E-state index contributed by atoms with van der Waals surface area (Å²) in [6, 6.07) is 7.38. The summed E-state index contributed by atoms with van der Waals surface area (Å²) in [6.45, 7) is 5.91. The van der Waals surface area contributed by atoms with Crippen molar-refractivity contribution in [2.75, 3.05) is 0 Å². The fourth-order valence-electron chi connectivity index (χ4n) is 0.981. The van der Waals surface area contributed by atoms with Crippen molar-refractivity contribution in [1.82, 2.24) is 0 Å². The summed E-state index contributed by atoms with van der Waals surface area (Å²) >= 11 is 0. The molecular weight excluding hydrogens is 194 g/mol. The van der Waals surface area contributed by atoms with Crippen LogP contribution in [-0.4, -0.2) is 4.21 Å². The molecule has 0 saturated heterocycles. The molecule has 0 bridgehead atoms. The van der Waals surface area contributed by atoms with E-state index in [-0.39, 0.29) is 0 Å². The number of benzene rings is 1. The molecule has 2 nitrogen and oxygen atoms in total. The summed E-state index contributed by atoms with van der Waals surface area (Å²) in [6.07, 6.45) is 3.78. The van der Waals surface area contributed by atoms with E-state index in [1.54, 1.807) is 6.07 Å². The van der Waals surface area contributed by atoms with E-state index in [9.17, 15) is 4.21 Å². The van der Waals surface area contributed by atoms with Crippen LogP contribution in [0, 0.1) is 0 Å². The van der Waals surface area contributed by atoms with Crippen LogP contribution in [0.2, 0.25) is 0 Å². The minimum absolute atomic E-state index is 0.676. The van der Waals surface area contributed by atoms with E-state index in [2.05, 4.69) is 0 Å². The van der Waals surface area contributed by atoms with Crippen molar-refractivity contribution in [2.24, 2.45) is 5.14 Å². The lowest BCUT2D eigenvalue weighted by Crippen LogP contribution is -2.04. The highest BCUT2D eigenvalue weighted by atomic mass is 32.2.